The van der Waals surface area contributed by atoms with Gasteiger partial charge in [0.2, 0.25) is 17.6 Å². The molecule has 2 atom stereocenters. The molecule has 0 spiro atoms. The molecule has 28 heavy (non-hydrogen) atoms. The van der Waals surface area contributed by atoms with Gasteiger partial charge >= 0.3 is 0 Å². The predicted octanol–water partition coefficient (Wildman–Crippen LogP) is 1.24. The van der Waals surface area contributed by atoms with Gasteiger partial charge in [-0.05, 0) is 13.8 Å². The fraction of sp³-hybridized carbons (Fsp3) is 0.550. The first kappa shape index (κ1) is 19.0. The molecule has 2 saturated heterocycles. The van der Waals surface area contributed by atoms with Gasteiger partial charge in [-0.2, -0.15) is 4.98 Å². The summed E-state index contributed by atoms with van der Waals surface area (Å²) in [5.41, 5.74) is 2.15. The molecule has 0 radical (unpaired) electrons. The van der Waals surface area contributed by atoms with E-state index in [9.17, 15) is 4.79 Å². The number of amides is 1. The molecule has 3 heterocycles. The molecule has 2 aliphatic rings. The summed E-state index contributed by atoms with van der Waals surface area (Å²) in [4.78, 5) is 21.4. The van der Waals surface area contributed by atoms with Crippen LogP contribution in [0.25, 0.3) is 11.4 Å². The molecule has 1 N–H and O–H groups in total. The smallest absolute Gasteiger partial charge is 0.244 e. The maximum absolute atomic E-state index is 12.6. The van der Waals surface area contributed by atoms with E-state index in [1.807, 2.05) is 29.2 Å². The minimum absolute atomic E-state index is 0.0140. The Kier molecular flexibility index (Phi) is 5.70. The summed E-state index contributed by atoms with van der Waals surface area (Å²) in [5, 5.41) is 7.37. The Balaban J connectivity index is 1.34. The van der Waals surface area contributed by atoms with Crippen LogP contribution in [0.5, 0.6) is 0 Å². The summed E-state index contributed by atoms with van der Waals surface area (Å²) in [6.07, 6.45) is 0. The molecule has 8 heteroatoms. The molecule has 150 valence electrons. The number of aromatic nitrogens is 2. The Morgan fingerprint density at radius 2 is 1.96 bits per heavy atom. The zero-order valence-corrected chi connectivity index (χ0v) is 16.4. The van der Waals surface area contributed by atoms with Gasteiger partial charge in [0.25, 0.3) is 0 Å². The van der Waals surface area contributed by atoms with Crippen LogP contribution in [0.1, 0.15) is 24.4 Å². The molecule has 0 saturated carbocycles. The number of nitrogens with zero attached hydrogens (tertiary/aromatic N) is 4. The number of benzene rings is 1. The van der Waals surface area contributed by atoms with Gasteiger partial charge in [-0.25, -0.2) is 0 Å². The van der Waals surface area contributed by atoms with E-state index in [4.69, 9.17) is 9.26 Å². The van der Waals surface area contributed by atoms with Crippen LogP contribution in [0.3, 0.4) is 0 Å². The molecule has 8 nitrogen and oxygen atoms in total. The Morgan fingerprint density at radius 1 is 1.21 bits per heavy atom. The third-order valence-corrected chi connectivity index (χ3v) is 5.50. The van der Waals surface area contributed by atoms with E-state index in [-0.39, 0.29) is 18.0 Å². The first-order valence-electron chi connectivity index (χ1n) is 9.86. The van der Waals surface area contributed by atoms with E-state index in [1.54, 1.807) is 0 Å². The lowest BCUT2D eigenvalue weighted by Gasteiger charge is -2.38. The number of ether oxygens (including phenoxy) is 1. The summed E-state index contributed by atoms with van der Waals surface area (Å²) >= 11 is 0. The van der Waals surface area contributed by atoms with Crippen molar-refractivity contribution in [1.29, 1.82) is 0 Å². The van der Waals surface area contributed by atoms with Crippen LogP contribution >= 0.6 is 0 Å². The minimum Gasteiger partial charge on any atom is -0.378 e. The van der Waals surface area contributed by atoms with E-state index in [0.29, 0.717) is 38.0 Å². The van der Waals surface area contributed by atoms with Gasteiger partial charge in [-0.15, -0.1) is 0 Å². The Bertz CT molecular complexity index is 792. The van der Waals surface area contributed by atoms with Crippen molar-refractivity contribution in [3.63, 3.8) is 0 Å². The number of nitrogens with one attached hydrogen (secondary N) is 1. The van der Waals surface area contributed by atoms with Crippen LogP contribution in [0, 0.1) is 6.92 Å². The highest BCUT2D eigenvalue weighted by Gasteiger charge is 2.31. The van der Waals surface area contributed by atoms with Crippen LogP contribution < -0.4 is 5.32 Å². The van der Waals surface area contributed by atoms with Gasteiger partial charge in [0.05, 0.1) is 19.3 Å². The molecule has 2 unspecified atom stereocenters. The standard InChI is InChI=1S/C20H27N5O3/c1-14-3-5-16(6-4-14)18-22-19(28-23-18)15(2)24-8-10-25(11-9-24)20(26)17-13-27-12-7-21-17/h3-6,15,17,21H,7-13H2,1-2H3. The maximum atomic E-state index is 12.6. The maximum Gasteiger partial charge on any atom is 0.244 e. The largest absolute Gasteiger partial charge is 0.378 e. The van der Waals surface area contributed by atoms with Crippen LogP contribution in [0.15, 0.2) is 28.8 Å². The van der Waals surface area contributed by atoms with Crippen molar-refractivity contribution in [1.82, 2.24) is 25.3 Å². The fourth-order valence-corrected chi connectivity index (χ4v) is 3.65. The Morgan fingerprint density at radius 3 is 2.64 bits per heavy atom. The van der Waals surface area contributed by atoms with Crippen molar-refractivity contribution < 1.29 is 14.1 Å². The van der Waals surface area contributed by atoms with Gasteiger partial charge in [-0.3, -0.25) is 9.69 Å². The molecule has 2 aromatic rings. The summed E-state index contributed by atoms with van der Waals surface area (Å²) in [6.45, 7) is 8.93. The van der Waals surface area contributed by atoms with E-state index in [2.05, 4.69) is 34.2 Å². The van der Waals surface area contributed by atoms with Crippen molar-refractivity contribution in [2.45, 2.75) is 25.9 Å². The molecule has 1 amide bonds. The molecule has 1 aromatic heterocycles. The number of rotatable bonds is 4. The second-order valence-corrected chi connectivity index (χ2v) is 7.44. The topological polar surface area (TPSA) is 83.7 Å². The molecule has 0 bridgehead atoms. The summed E-state index contributed by atoms with van der Waals surface area (Å²) in [7, 11) is 0. The Hall–Kier alpha value is -2.29. The van der Waals surface area contributed by atoms with Crippen LogP contribution in [0.2, 0.25) is 0 Å². The van der Waals surface area contributed by atoms with Crippen molar-refractivity contribution in [2.24, 2.45) is 0 Å². The summed E-state index contributed by atoms with van der Waals surface area (Å²) in [5.74, 6) is 1.35. The lowest BCUT2D eigenvalue weighted by atomic mass is 10.1. The number of morpholine rings is 1. The monoisotopic (exact) mass is 385 g/mol. The van der Waals surface area contributed by atoms with E-state index in [1.165, 1.54) is 5.56 Å². The number of hydrogen-bond acceptors (Lipinski definition) is 7. The van der Waals surface area contributed by atoms with Crippen LogP contribution in [-0.4, -0.2) is 77.8 Å². The quantitative estimate of drug-likeness (QED) is 0.848. The molecule has 2 aliphatic heterocycles. The molecular weight excluding hydrogens is 358 g/mol. The van der Waals surface area contributed by atoms with E-state index >= 15 is 0 Å². The van der Waals surface area contributed by atoms with Gasteiger partial charge in [-0.1, -0.05) is 35.0 Å². The van der Waals surface area contributed by atoms with Crippen LogP contribution in [-0.2, 0) is 9.53 Å². The van der Waals surface area contributed by atoms with Crippen LogP contribution in [0.4, 0.5) is 0 Å². The summed E-state index contributed by atoms with van der Waals surface area (Å²) < 4.78 is 10.9. The minimum atomic E-state index is -0.217. The fourth-order valence-electron chi connectivity index (χ4n) is 3.65. The molecule has 1 aromatic carbocycles. The number of hydrogen-bond donors (Lipinski definition) is 1. The average molecular weight is 385 g/mol. The van der Waals surface area contributed by atoms with E-state index < -0.39 is 0 Å². The van der Waals surface area contributed by atoms with Gasteiger partial charge in [0.15, 0.2) is 0 Å². The zero-order chi connectivity index (χ0) is 19.5. The first-order valence-corrected chi connectivity index (χ1v) is 9.86. The Labute approximate surface area is 164 Å². The van der Waals surface area contributed by atoms with Gasteiger partial charge in [0, 0.05) is 38.3 Å². The second kappa shape index (κ2) is 8.38. The number of carbonyl (C=O) groups is 1. The highest BCUT2D eigenvalue weighted by atomic mass is 16.5. The third-order valence-electron chi connectivity index (χ3n) is 5.50. The van der Waals surface area contributed by atoms with Crippen molar-refractivity contribution in [3.8, 4) is 11.4 Å². The van der Waals surface area contributed by atoms with E-state index in [0.717, 1.165) is 25.2 Å². The zero-order valence-electron chi connectivity index (χ0n) is 16.4. The predicted molar refractivity (Wildman–Crippen MR) is 104 cm³/mol. The number of aryl methyl sites for hydroxylation is 1. The van der Waals surface area contributed by atoms with Gasteiger partial charge in [0.1, 0.15) is 6.04 Å². The second-order valence-electron chi connectivity index (χ2n) is 7.44. The lowest BCUT2D eigenvalue weighted by molar-refractivity contribution is -0.138. The third kappa shape index (κ3) is 4.09. The molecule has 2 fully saturated rings. The molecule has 4 rings (SSSR count). The number of carbonyl (C=O) groups excluding carboxylic acids is 1. The average Bonchev–Trinajstić information content (AvgIpc) is 3.24. The normalized spacial score (nSPS) is 22.2. The highest BCUT2D eigenvalue weighted by Crippen LogP contribution is 2.24. The summed E-state index contributed by atoms with van der Waals surface area (Å²) in [6, 6.07) is 7.88. The molecular formula is C20H27N5O3. The van der Waals surface area contributed by atoms with Gasteiger partial charge < -0.3 is 19.5 Å². The SMILES string of the molecule is Cc1ccc(-c2noc(C(C)N3CCN(C(=O)C4COCCN4)CC3)n2)cc1. The lowest BCUT2D eigenvalue weighted by Crippen LogP contribution is -2.57. The van der Waals surface area contributed by atoms with Crippen molar-refractivity contribution >= 4 is 5.91 Å². The first-order chi connectivity index (χ1) is 13.6. The molecule has 0 aliphatic carbocycles. The number of piperazine rings is 1. The highest BCUT2D eigenvalue weighted by molar-refractivity contribution is 5.82. The van der Waals surface area contributed by atoms with Crippen molar-refractivity contribution in [3.05, 3.63) is 35.7 Å². The van der Waals surface area contributed by atoms with Crippen molar-refractivity contribution in [2.75, 3.05) is 45.9 Å².